The second kappa shape index (κ2) is 5.93. The van der Waals surface area contributed by atoms with E-state index in [2.05, 4.69) is 21.2 Å². The summed E-state index contributed by atoms with van der Waals surface area (Å²) in [7, 11) is 0. The molecule has 5 heteroatoms. The summed E-state index contributed by atoms with van der Waals surface area (Å²) in [5.74, 6) is -0.326. The van der Waals surface area contributed by atoms with Crippen LogP contribution in [0.25, 0.3) is 0 Å². The summed E-state index contributed by atoms with van der Waals surface area (Å²) in [6, 6.07) is 8.73. The van der Waals surface area contributed by atoms with E-state index in [-0.39, 0.29) is 18.2 Å². The van der Waals surface area contributed by atoms with Crippen LogP contribution in [0.4, 0.5) is 0 Å². The molecule has 0 aliphatic heterocycles. The van der Waals surface area contributed by atoms with Crippen molar-refractivity contribution in [1.29, 1.82) is 0 Å². The van der Waals surface area contributed by atoms with E-state index >= 15 is 0 Å². The van der Waals surface area contributed by atoms with Gasteiger partial charge in [0.05, 0.1) is 6.54 Å². The van der Waals surface area contributed by atoms with Gasteiger partial charge in [-0.3, -0.25) is 9.59 Å². The average molecular weight is 324 g/mol. The van der Waals surface area contributed by atoms with E-state index < -0.39 is 0 Å². The largest absolute Gasteiger partial charge is 0.345 e. The number of hydrogen-bond donors (Lipinski definition) is 1. The lowest BCUT2D eigenvalue weighted by molar-refractivity contribution is 0.0904. The quantitative estimate of drug-likeness (QED) is 0.879. The number of rotatable bonds is 4. The van der Waals surface area contributed by atoms with Crippen molar-refractivity contribution in [2.24, 2.45) is 0 Å². The van der Waals surface area contributed by atoms with E-state index in [1.807, 2.05) is 5.38 Å². The lowest BCUT2D eigenvalue weighted by Crippen LogP contribution is -2.29. The molecule has 0 bridgehead atoms. The molecule has 3 nitrogen and oxygen atoms in total. The van der Waals surface area contributed by atoms with Gasteiger partial charge in [0.1, 0.15) is 0 Å². The predicted molar refractivity (Wildman–Crippen MR) is 75.1 cm³/mol. The first kappa shape index (κ1) is 13.0. The lowest BCUT2D eigenvalue weighted by Gasteiger charge is -2.03. The molecule has 2 aromatic rings. The molecule has 1 aromatic carbocycles. The van der Waals surface area contributed by atoms with E-state index in [1.165, 1.54) is 11.3 Å². The molecule has 1 aromatic heterocycles. The second-order valence-corrected chi connectivity index (χ2v) is 5.32. The number of hydrogen-bond acceptors (Lipinski definition) is 3. The van der Waals surface area contributed by atoms with Crippen LogP contribution in [0.3, 0.4) is 0 Å². The molecule has 0 aliphatic carbocycles. The van der Waals surface area contributed by atoms with Crippen LogP contribution in [0.5, 0.6) is 0 Å². The average Bonchev–Trinajstić information content (AvgIpc) is 2.90. The molecule has 1 amide bonds. The molecule has 1 N–H and O–H groups in total. The van der Waals surface area contributed by atoms with Gasteiger partial charge in [-0.05, 0) is 35.7 Å². The summed E-state index contributed by atoms with van der Waals surface area (Å²) in [6.45, 7) is 0.0195. The van der Waals surface area contributed by atoms with E-state index in [9.17, 15) is 9.59 Å². The fourth-order valence-electron chi connectivity index (χ4n) is 1.39. The monoisotopic (exact) mass is 323 g/mol. The van der Waals surface area contributed by atoms with Crippen molar-refractivity contribution in [3.8, 4) is 0 Å². The van der Waals surface area contributed by atoms with Crippen LogP contribution in [-0.2, 0) is 0 Å². The third-order valence-electron chi connectivity index (χ3n) is 2.36. The van der Waals surface area contributed by atoms with Crippen molar-refractivity contribution in [1.82, 2.24) is 5.32 Å². The summed E-state index contributed by atoms with van der Waals surface area (Å²) in [6.07, 6.45) is 0. The van der Waals surface area contributed by atoms with Crippen LogP contribution >= 0.6 is 27.3 Å². The number of ketones is 1. The minimum Gasteiger partial charge on any atom is -0.345 e. The van der Waals surface area contributed by atoms with Crippen LogP contribution in [0, 0.1) is 0 Å². The van der Waals surface area contributed by atoms with Crippen LogP contribution in [-0.4, -0.2) is 18.2 Å². The Morgan fingerprint density at radius 3 is 2.44 bits per heavy atom. The number of carbonyl (C=O) groups excluding carboxylic acids is 2. The Labute approximate surface area is 117 Å². The molecule has 0 saturated carbocycles. The van der Waals surface area contributed by atoms with Crippen LogP contribution in [0.2, 0.25) is 0 Å². The number of amides is 1. The molecule has 2 rings (SSSR count). The summed E-state index contributed by atoms with van der Waals surface area (Å²) >= 11 is 4.76. The van der Waals surface area contributed by atoms with Gasteiger partial charge in [0.25, 0.3) is 5.91 Å². The summed E-state index contributed by atoms with van der Waals surface area (Å²) in [5.41, 5.74) is 1.17. The number of Topliss-reactive ketones (excluding diaryl/α,β-unsaturated/α-hetero) is 1. The molecule has 0 atom stereocenters. The molecule has 92 valence electrons. The van der Waals surface area contributed by atoms with Gasteiger partial charge in [0.15, 0.2) is 5.78 Å². The van der Waals surface area contributed by atoms with Crippen molar-refractivity contribution >= 4 is 39.0 Å². The highest BCUT2D eigenvalue weighted by molar-refractivity contribution is 9.10. The van der Waals surface area contributed by atoms with Crippen molar-refractivity contribution in [3.63, 3.8) is 0 Å². The summed E-state index contributed by atoms with van der Waals surface area (Å²) in [5, 5.41) is 6.22. The van der Waals surface area contributed by atoms with Gasteiger partial charge >= 0.3 is 0 Å². The third-order valence-corrected chi connectivity index (χ3v) is 3.57. The topological polar surface area (TPSA) is 46.2 Å². The Balaban J connectivity index is 1.92. The van der Waals surface area contributed by atoms with Crippen LogP contribution in [0.1, 0.15) is 20.7 Å². The number of carbonyl (C=O) groups is 2. The standard InChI is InChI=1S/C13H10BrNO2S/c14-11-3-1-9(2-4-11)13(17)15-7-12(16)10-5-6-18-8-10/h1-6,8H,7H2,(H,15,17). The predicted octanol–water partition coefficient (Wildman–Crippen LogP) is 3.12. The molecule has 18 heavy (non-hydrogen) atoms. The van der Waals surface area contributed by atoms with Gasteiger partial charge in [-0.15, -0.1) is 0 Å². The fourth-order valence-corrected chi connectivity index (χ4v) is 2.31. The number of thiophene rings is 1. The molecule has 0 saturated heterocycles. The van der Waals surface area contributed by atoms with Crippen LogP contribution < -0.4 is 5.32 Å². The van der Waals surface area contributed by atoms with Gasteiger partial charge < -0.3 is 5.32 Å². The second-order valence-electron chi connectivity index (χ2n) is 3.62. The minimum atomic E-state index is -0.244. The van der Waals surface area contributed by atoms with Gasteiger partial charge in [-0.25, -0.2) is 0 Å². The minimum absolute atomic E-state index is 0.0195. The maximum Gasteiger partial charge on any atom is 0.251 e. The van der Waals surface area contributed by atoms with E-state index in [0.717, 1.165) is 4.47 Å². The van der Waals surface area contributed by atoms with E-state index in [4.69, 9.17) is 0 Å². The SMILES string of the molecule is O=C(CNC(=O)c1ccc(Br)cc1)c1ccsc1. The van der Waals surface area contributed by atoms with Crippen molar-refractivity contribution in [3.05, 3.63) is 56.7 Å². The Morgan fingerprint density at radius 2 is 1.83 bits per heavy atom. The molecule has 0 unspecified atom stereocenters. The summed E-state index contributed by atoms with van der Waals surface area (Å²) in [4.78, 5) is 23.4. The Morgan fingerprint density at radius 1 is 1.11 bits per heavy atom. The highest BCUT2D eigenvalue weighted by atomic mass is 79.9. The van der Waals surface area contributed by atoms with Crippen LogP contribution in [0.15, 0.2) is 45.6 Å². The Hall–Kier alpha value is -1.46. The Kier molecular flexibility index (Phi) is 4.28. The first-order valence-electron chi connectivity index (χ1n) is 5.26. The van der Waals surface area contributed by atoms with Gasteiger partial charge in [-0.1, -0.05) is 15.9 Å². The van der Waals surface area contributed by atoms with Crippen molar-refractivity contribution in [2.45, 2.75) is 0 Å². The fraction of sp³-hybridized carbons (Fsp3) is 0.0769. The van der Waals surface area contributed by atoms with Gasteiger partial charge in [0, 0.05) is 21.0 Å². The molecule has 0 aliphatic rings. The van der Waals surface area contributed by atoms with E-state index in [0.29, 0.717) is 11.1 Å². The molecular formula is C13H10BrNO2S. The molecule has 1 heterocycles. The highest BCUT2D eigenvalue weighted by Gasteiger charge is 2.09. The molecule has 0 fully saturated rings. The van der Waals surface area contributed by atoms with Gasteiger partial charge in [0.2, 0.25) is 0 Å². The number of benzene rings is 1. The zero-order valence-electron chi connectivity index (χ0n) is 9.35. The summed E-state index contributed by atoms with van der Waals surface area (Å²) < 4.78 is 0.911. The number of nitrogens with one attached hydrogen (secondary N) is 1. The maximum absolute atomic E-state index is 11.8. The number of halogens is 1. The normalized spacial score (nSPS) is 10.1. The zero-order valence-corrected chi connectivity index (χ0v) is 11.8. The third kappa shape index (κ3) is 3.27. The molecule has 0 spiro atoms. The maximum atomic E-state index is 11.8. The first-order valence-corrected chi connectivity index (χ1v) is 6.99. The smallest absolute Gasteiger partial charge is 0.251 e. The van der Waals surface area contributed by atoms with Crippen molar-refractivity contribution in [2.75, 3.05) is 6.54 Å². The first-order chi connectivity index (χ1) is 8.66. The molecular weight excluding hydrogens is 314 g/mol. The van der Waals surface area contributed by atoms with Gasteiger partial charge in [-0.2, -0.15) is 11.3 Å². The van der Waals surface area contributed by atoms with Crippen molar-refractivity contribution < 1.29 is 9.59 Å². The highest BCUT2D eigenvalue weighted by Crippen LogP contribution is 2.10. The zero-order chi connectivity index (χ0) is 13.0. The lowest BCUT2D eigenvalue weighted by atomic mass is 10.2. The molecule has 0 radical (unpaired) electrons. The van der Waals surface area contributed by atoms with E-state index in [1.54, 1.807) is 35.7 Å². The Bertz CT molecular complexity index is 549.